The van der Waals surface area contributed by atoms with E-state index in [1.165, 1.54) is 4.90 Å². The molecular weight excluding hydrogens is 268 g/mol. The Morgan fingerprint density at radius 2 is 2.00 bits per heavy atom. The SMILES string of the molecule is CN1CCC[C@@]2(CCN(C(=O)CS(C)(=O)=O)C2)C1=O. The summed E-state index contributed by atoms with van der Waals surface area (Å²) in [5.41, 5.74) is -0.472. The fourth-order valence-corrected chi connectivity index (χ4v) is 3.68. The van der Waals surface area contributed by atoms with Crippen molar-refractivity contribution >= 4 is 21.7 Å². The summed E-state index contributed by atoms with van der Waals surface area (Å²) in [5, 5.41) is 0. The number of rotatable bonds is 2. The molecule has 0 saturated carbocycles. The zero-order valence-electron chi connectivity index (χ0n) is 11.4. The van der Waals surface area contributed by atoms with E-state index < -0.39 is 21.0 Å². The third-order valence-corrected chi connectivity index (χ3v) is 4.81. The molecule has 6 nitrogen and oxygen atoms in total. The molecule has 2 fully saturated rings. The van der Waals surface area contributed by atoms with Crippen molar-refractivity contribution in [3.05, 3.63) is 0 Å². The lowest BCUT2D eigenvalue weighted by Gasteiger charge is -2.37. The van der Waals surface area contributed by atoms with Crippen LogP contribution in [0.5, 0.6) is 0 Å². The highest BCUT2D eigenvalue weighted by Gasteiger charge is 2.48. The van der Waals surface area contributed by atoms with Crippen LogP contribution < -0.4 is 0 Å². The van der Waals surface area contributed by atoms with Crippen molar-refractivity contribution in [2.75, 3.05) is 38.7 Å². The number of piperidine rings is 1. The van der Waals surface area contributed by atoms with Crippen molar-refractivity contribution in [2.45, 2.75) is 19.3 Å². The fourth-order valence-electron chi connectivity index (χ4n) is 3.05. The number of amides is 2. The Kier molecular flexibility index (Phi) is 3.59. The van der Waals surface area contributed by atoms with Gasteiger partial charge >= 0.3 is 0 Å². The van der Waals surface area contributed by atoms with Crippen molar-refractivity contribution in [1.29, 1.82) is 0 Å². The van der Waals surface area contributed by atoms with Crippen LogP contribution in [0.15, 0.2) is 0 Å². The zero-order chi connectivity index (χ0) is 14.3. The predicted molar refractivity (Wildman–Crippen MR) is 70.2 cm³/mol. The number of likely N-dealkylation sites (tertiary alicyclic amines) is 2. The van der Waals surface area contributed by atoms with E-state index in [0.29, 0.717) is 19.5 Å². The predicted octanol–water partition coefficient (Wildman–Crippen LogP) is -0.498. The van der Waals surface area contributed by atoms with Crippen LogP contribution in [0.25, 0.3) is 0 Å². The highest BCUT2D eigenvalue weighted by Crippen LogP contribution is 2.39. The first-order valence-corrected chi connectivity index (χ1v) is 8.51. The molecule has 2 rings (SSSR count). The standard InChI is InChI=1S/C12H20N2O4S/c1-13-6-3-4-12(11(13)16)5-7-14(9-12)10(15)8-19(2,17)18/h3-9H2,1-2H3/t12-/m0/s1. The molecule has 2 aliphatic rings. The van der Waals surface area contributed by atoms with Gasteiger partial charge in [0.05, 0.1) is 5.41 Å². The van der Waals surface area contributed by atoms with Gasteiger partial charge in [0.2, 0.25) is 11.8 Å². The Labute approximate surface area is 113 Å². The molecule has 1 spiro atoms. The third-order valence-electron chi connectivity index (χ3n) is 4.04. The van der Waals surface area contributed by atoms with E-state index in [0.717, 1.165) is 25.6 Å². The van der Waals surface area contributed by atoms with Crippen LogP contribution in [0.4, 0.5) is 0 Å². The molecule has 7 heteroatoms. The highest BCUT2D eigenvalue weighted by molar-refractivity contribution is 7.91. The second-order valence-electron chi connectivity index (χ2n) is 5.75. The van der Waals surface area contributed by atoms with Crippen LogP contribution in [-0.4, -0.2) is 68.7 Å². The first kappa shape index (κ1) is 14.3. The summed E-state index contributed by atoms with van der Waals surface area (Å²) >= 11 is 0. The van der Waals surface area contributed by atoms with Crippen LogP contribution in [0.1, 0.15) is 19.3 Å². The molecule has 0 unspecified atom stereocenters. The van der Waals surface area contributed by atoms with Gasteiger partial charge in [0.15, 0.2) is 9.84 Å². The minimum atomic E-state index is -3.31. The first-order chi connectivity index (χ1) is 8.73. The zero-order valence-corrected chi connectivity index (χ0v) is 12.2. The van der Waals surface area contributed by atoms with Crippen LogP contribution in [0.2, 0.25) is 0 Å². The average molecular weight is 288 g/mol. The normalized spacial score (nSPS) is 28.2. The first-order valence-electron chi connectivity index (χ1n) is 6.45. The molecule has 108 valence electrons. The van der Waals surface area contributed by atoms with Gasteiger partial charge in [0.1, 0.15) is 5.75 Å². The maximum Gasteiger partial charge on any atom is 0.237 e. The van der Waals surface area contributed by atoms with Crippen LogP contribution >= 0.6 is 0 Å². The molecule has 1 atom stereocenters. The summed E-state index contributed by atoms with van der Waals surface area (Å²) in [6.45, 7) is 1.61. The van der Waals surface area contributed by atoms with Crippen molar-refractivity contribution in [3.63, 3.8) is 0 Å². The van der Waals surface area contributed by atoms with Crippen molar-refractivity contribution in [1.82, 2.24) is 9.80 Å². The maximum absolute atomic E-state index is 12.3. The second kappa shape index (κ2) is 4.77. The van der Waals surface area contributed by atoms with E-state index in [1.807, 2.05) is 0 Å². The number of carbonyl (C=O) groups is 2. The van der Waals surface area contributed by atoms with Crippen LogP contribution in [0, 0.1) is 5.41 Å². The van der Waals surface area contributed by atoms with Gasteiger partial charge in [-0.25, -0.2) is 8.42 Å². The topological polar surface area (TPSA) is 74.8 Å². The summed E-state index contributed by atoms with van der Waals surface area (Å²) in [4.78, 5) is 27.4. The number of hydrogen-bond donors (Lipinski definition) is 0. The second-order valence-corrected chi connectivity index (χ2v) is 7.89. The molecule has 2 heterocycles. The maximum atomic E-state index is 12.3. The minimum absolute atomic E-state index is 0.0911. The molecule has 0 N–H and O–H groups in total. The van der Waals surface area contributed by atoms with E-state index in [-0.39, 0.29) is 11.8 Å². The van der Waals surface area contributed by atoms with Gasteiger partial charge < -0.3 is 9.80 Å². The van der Waals surface area contributed by atoms with E-state index >= 15 is 0 Å². The average Bonchev–Trinajstić information content (AvgIpc) is 2.69. The van der Waals surface area contributed by atoms with Crippen LogP contribution in [-0.2, 0) is 19.4 Å². The molecular formula is C12H20N2O4S. The monoisotopic (exact) mass is 288 g/mol. The van der Waals surface area contributed by atoms with Gasteiger partial charge in [0, 0.05) is 32.9 Å². The number of sulfone groups is 1. The Morgan fingerprint density at radius 3 is 2.63 bits per heavy atom. The lowest BCUT2D eigenvalue weighted by molar-refractivity contribution is -0.144. The Hall–Kier alpha value is -1.11. The summed E-state index contributed by atoms with van der Waals surface area (Å²) < 4.78 is 22.3. The summed E-state index contributed by atoms with van der Waals surface area (Å²) in [5.74, 6) is -0.763. The molecule has 0 bridgehead atoms. The lowest BCUT2D eigenvalue weighted by atomic mass is 9.78. The largest absolute Gasteiger partial charge is 0.345 e. The number of carbonyl (C=O) groups excluding carboxylic acids is 2. The lowest BCUT2D eigenvalue weighted by Crippen LogP contribution is -2.49. The molecule has 0 aromatic rings. The Morgan fingerprint density at radius 1 is 1.32 bits per heavy atom. The van der Waals surface area contributed by atoms with E-state index in [9.17, 15) is 18.0 Å². The molecule has 2 aliphatic heterocycles. The number of hydrogen-bond acceptors (Lipinski definition) is 4. The quantitative estimate of drug-likeness (QED) is 0.686. The molecule has 0 aliphatic carbocycles. The van der Waals surface area contributed by atoms with E-state index in [4.69, 9.17) is 0 Å². The summed E-state index contributed by atoms with van der Waals surface area (Å²) in [6.07, 6.45) is 3.43. The van der Waals surface area contributed by atoms with Gasteiger partial charge in [0.25, 0.3) is 0 Å². The molecule has 19 heavy (non-hydrogen) atoms. The van der Waals surface area contributed by atoms with Gasteiger partial charge in [-0.1, -0.05) is 0 Å². The molecule has 0 radical (unpaired) electrons. The molecule has 2 saturated heterocycles. The fraction of sp³-hybridized carbons (Fsp3) is 0.833. The Bertz CT molecular complexity index is 502. The minimum Gasteiger partial charge on any atom is -0.345 e. The molecule has 0 aromatic heterocycles. The van der Waals surface area contributed by atoms with E-state index in [2.05, 4.69) is 0 Å². The van der Waals surface area contributed by atoms with Crippen LogP contribution in [0.3, 0.4) is 0 Å². The summed E-state index contributed by atoms with van der Waals surface area (Å²) in [6, 6.07) is 0. The van der Waals surface area contributed by atoms with Crippen molar-refractivity contribution < 1.29 is 18.0 Å². The smallest absolute Gasteiger partial charge is 0.237 e. The Balaban J connectivity index is 2.07. The molecule has 0 aromatic carbocycles. The summed E-state index contributed by atoms with van der Waals surface area (Å²) in [7, 11) is -1.53. The molecule has 2 amide bonds. The van der Waals surface area contributed by atoms with E-state index in [1.54, 1.807) is 11.9 Å². The van der Waals surface area contributed by atoms with Gasteiger partial charge in [-0.15, -0.1) is 0 Å². The van der Waals surface area contributed by atoms with Crippen molar-refractivity contribution in [3.8, 4) is 0 Å². The third kappa shape index (κ3) is 2.91. The van der Waals surface area contributed by atoms with Gasteiger partial charge in [-0.05, 0) is 19.3 Å². The number of nitrogens with zero attached hydrogens (tertiary/aromatic N) is 2. The highest BCUT2D eigenvalue weighted by atomic mass is 32.2. The van der Waals surface area contributed by atoms with Crippen molar-refractivity contribution in [2.24, 2.45) is 5.41 Å². The van der Waals surface area contributed by atoms with Gasteiger partial charge in [-0.2, -0.15) is 0 Å². The van der Waals surface area contributed by atoms with Gasteiger partial charge in [-0.3, -0.25) is 9.59 Å².